The monoisotopic (exact) mass is 459 g/mol. The van der Waals surface area contributed by atoms with Crippen molar-refractivity contribution in [2.45, 2.75) is 54.9 Å². The van der Waals surface area contributed by atoms with Crippen LogP contribution in [0.15, 0.2) is 41.3 Å². The van der Waals surface area contributed by atoms with Crippen molar-refractivity contribution in [2.75, 3.05) is 20.0 Å². The number of nitriles is 1. The molecule has 0 aliphatic carbocycles. The van der Waals surface area contributed by atoms with E-state index in [9.17, 15) is 25.7 Å². The minimum absolute atomic E-state index is 0.389. The Bertz CT molecular complexity index is 974. The zero-order valence-electron chi connectivity index (χ0n) is 18.4. The summed E-state index contributed by atoms with van der Waals surface area (Å²) in [5, 5.41) is 50.9. The van der Waals surface area contributed by atoms with Gasteiger partial charge in [-0.1, -0.05) is 31.2 Å². The topological polar surface area (TPSA) is 123 Å². The predicted octanol–water partition coefficient (Wildman–Crippen LogP) is 1.71. The van der Waals surface area contributed by atoms with E-state index in [0.717, 1.165) is 12.0 Å². The standard InChI is InChI=1S/C24H29NO6S/c1-4-14-5-7-15(8-6-14)9-16-10-17(11-20(32-3)18(16)12-25)24(30-2)23(29)22(28)21(27)19(13-26)31-24/h5-8,10-11,19,21-23,26-29H,4,9,13H2,1-3H3/t19?,21-,22+,23-,24+/m1/s1. The second-order valence-electron chi connectivity index (χ2n) is 7.81. The highest BCUT2D eigenvalue weighted by atomic mass is 32.2. The molecule has 2 aromatic rings. The van der Waals surface area contributed by atoms with Crippen LogP contribution in [0.1, 0.15) is 34.7 Å². The van der Waals surface area contributed by atoms with Gasteiger partial charge in [-0.2, -0.15) is 5.26 Å². The summed E-state index contributed by atoms with van der Waals surface area (Å²) in [5.41, 5.74) is 3.85. The van der Waals surface area contributed by atoms with Crippen molar-refractivity contribution in [1.29, 1.82) is 5.26 Å². The number of aryl methyl sites for hydroxylation is 1. The summed E-state index contributed by atoms with van der Waals surface area (Å²) in [6, 6.07) is 13.8. The molecule has 2 aromatic carbocycles. The first kappa shape index (κ1) is 24.7. The summed E-state index contributed by atoms with van der Waals surface area (Å²) in [7, 11) is 1.32. The molecule has 1 heterocycles. The molecule has 1 fully saturated rings. The van der Waals surface area contributed by atoms with Gasteiger partial charge in [-0.25, -0.2) is 0 Å². The van der Waals surface area contributed by atoms with Crippen LogP contribution >= 0.6 is 11.8 Å². The number of ether oxygens (including phenoxy) is 2. The Morgan fingerprint density at radius 2 is 1.78 bits per heavy atom. The molecule has 32 heavy (non-hydrogen) atoms. The molecule has 4 N–H and O–H groups in total. The molecule has 1 aliphatic heterocycles. The number of thioether (sulfide) groups is 1. The lowest BCUT2D eigenvalue weighted by Crippen LogP contribution is -2.64. The second kappa shape index (κ2) is 10.3. The molecule has 0 aromatic heterocycles. The number of nitrogens with zero attached hydrogens (tertiary/aromatic N) is 1. The molecule has 0 amide bonds. The van der Waals surface area contributed by atoms with Crippen molar-refractivity contribution in [3.63, 3.8) is 0 Å². The van der Waals surface area contributed by atoms with Gasteiger partial charge in [0.15, 0.2) is 0 Å². The highest BCUT2D eigenvalue weighted by Crippen LogP contribution is 2.41. The highest BCUT2D eigenvalue weighted by Gasteiger charge is 2.55. The molecule has 1 unspecified atom stereocenters. The molecule has 0 spiro atoms. The molecule has 7 nitrogen and oxygen atoms in total. The smallest absolute Gasteiger partial charge is 0.224 e. The van der Waals surface area contributed by atoms with Crippen LogP contribution in [0.2, 0.25) is 0 Å². The third kappa shape index (κ3) is 4.43. The molecule has 8 heteroatoms. The van der Waals surface area contributed by atoms with Gasteiger partial charge in [0.1, 0.15) is 30.5 Å². The van der Waals surface area contributed by atoms with Gasteiger partial charge in [-0.3, -0.25) is 0 Å². The molecule has 0 bridgehead atoms. The Labute approximate surface area is 192 Å². The van der Waals surface area contributed by atoms with E-state index >= 15 is 0 Å². The normalized spacial score (nSPS) is 27.8. The van der Waals surface area contributed by atoms with Crippen molar-refractivity contribution in [1.82, 2.24) is 0 Å². The first-order valence-corrected chi connectivity index (χ1v) is 11.6. The number of aliphatic hydroxyl groups is 4. The molecule has 172 valence electrons. The molecule has 1 aliphatic rings. The van der Waals surface area contributed by atoms with Crippen LogP contribution in [0.3, 0.4) is 0 Å². The highest BCUT2D eigenvalue weighted by molar-refractivity contribution is 7.98. The molecular weight excluding hydrogens is 430 g/mol. The van der Waals surface area contributed by atoms with E-state index in [-0.39, 0.29) is 0 Å². The SMILES string of the molecule is CCc1ccc(Cc2cc([C@]3(OC)OC(CO)[C@@H](O)[C@H](O)[C@H]3O)cc(SC)c2C#N)cc1. The fourth-order valence-electron chi connectivity index (χ4n) is 4.08. The maximum Gasteiger partial charge on any atom is 0.224 e. The average Bonchev–Trinajstić information content (AvgIpc) is 2.83. The lowest BCUT2D eigenvalue weighted by Gasteiger charge is -2.47. The lowest BCUT2D eigenvalue weighted by atomic mass is 9.86. The van der Waals surface area contributed by atoms with E-state index in [0.29, 0.717) is 28.0 Å². The number of hydrogen-bond donors (Lipinski definition) is 4. The summed E-state index contributed by atoms with van der Waals surface area (Å²) >= 11 is 1.37. The second-order valence-corrected chi connectivity index (χ2v) is 8.66. The zero-order chi connectivity index (χ0) is 23.5. The van der Waals surface area contributed by atoms with Gasteiger partial charge < -0.3 is 29.9 Å². The number of methoxy groups -OCH3 is 1. The van der Waals surface area contributed by atoms with Gasteiger partial charge >= 0.3 is 0 Å². The van der Waals surface area contributed by atoms with Crippen molar-refractivity contribution < 1.29 is 29.9 Å². The van der Waals surface area contributed by atoms with Crippen molar-refractivity contribution >= 4 is 11.8 Å². The maximum atomic E-state index is 10.8. The Morgan fingerprint density at radius 3 is 2.31 bits per heavy atom. The molecule has 1 saturated heterocycles. The Balaban J connectivity index is 2.13. The van der Waals surface area contributed by atoms with Gasteiger partial charge in [0.25, 0.3) is 0 Å². The minimum Gasteiger partial charge on any atom is -0.394 e. The molecule has 0 saturated carbocycles. The number of rotatable bonds is 7. The first-order valence-electron chi connectivity index (χ1n) is 10.4. The molecule has 5 atom stereocenters. The number of benzene rings is 2. The summed E-state index contributed by atoms with van der Waals surface area (Å²) < 4.78 is 11.4. The van der Waals surface area contributed by atoms with Crippen LogP contribution in [0.4, 0.5) is 0 Å². The summed E-state index contributed by atoms with van der Waals surface area (Å²) in [5.74, 6) is -1.83. The maximum absolute atomic E-state index is 10.8. The van der Waals surface area contributed by atoms with Gasteiger partial charge in [0, 0.05) is 17.6 Å². The van der Waals surface area contributed by atoms with Crippen LogP contribution in [-0.2, 0) is 28.1 Å². The number of hydrogen-bond acceptors (Lipinski definition) is 8. The summed E-state index contributed by atoms with van der Waals surface area (Å²) in [4.78, 5) is 0.665. The third-order valence-electron chi connectivity index (χ3n) is 6.00. The average molecular weight is 460 g/mol. The van der Waals surface area contributed by atoms with Crippen molar-refractivity contribution in [2.24, 2.45) is 0 Å². The lowest BCUT2D eigenvalue weighted by molar-refractivity contribution is -0.366. The van der Waals surface area contributed by atoms with Gasteiger partial charge in [-0.05, 0) is 47.9 Å². The fraction of sp³-hybridized carbons (Fsp3) is 0.458. The van der Waals surface area contributed by atoms with Crippen LogP contribution < -0.4 is 0 Å². The van der Waals surface area contributed by atoms with E-state index < -0.39 is 36.8 Å². The van der Waals surface area contributed by atoms with E-state index in [2.05, 4.69) is 25.1 Å². The largest absolute Gasteiger partial charge is 0.394 e. The van der Waals surface area contributed by atoms with Crippen molar-refractivity contribution in [3.05, 3.63) is 64.2 Å². The minimum atomic E-state index is -1.83. The van der Waals surface area contributed by atoms with E-state index in [1.165, 1.54) is 24.4 Å². The van der Waals surface area contributed by atoms with E-state index in [1.54, 1.807) is 12.1 Å². The van der Waals surface area contributed by atoms with Gasteiger partial charge in [-0.15, -0.1) is 11.8 Å². The van der Waals surface area contributed by atoms with Crippen LogP contribution in [-0.4, -0.2) is 64.8 Å². The van der Waals surface area contributed by atoms with Crippen LogP contribution in [0.25, 0.3) is 0 Å². The molecular formula is C24H29NO6S. The predicted molar refractivity (Wildman–Crippen MR) is 120 cm³/mol. The Morgan fingerprint density at radius 1 is 1.12 bits per heavy atom. The van der Waals surface area contributed by atoms with Gasteiger partial charge in [0.05, 0.1) is 12.2 Å². The van der Waals surface area contributed by atoms with Crippen LogP contribution in [0.5, 0.6) is 0 Å². The van der Waals surface area contributed by atoms with Gasteiger partial charge in [0.2, 0.25) is 5.79 Å². The van der Waals surface area contributed by atoms with Crippen LogP contribution in [0, 0.1) is 11.3 Å². The zero-order valence-corrected chi connectivity index (χ0v) is 19.2. The Kier molecular flexibility index (Phi) is 7.96. The molecule has 0 radical (unpaired) electrons. The Hall–Kier alpha value is -1.96. The fourth-order valence-corrected chi connectivity index (χ4v) is 4.71. The summed E-state index contributed by atoms with van der Waals surface area (Å²) in [6.07, 6.45) is -2.61. The first-order chi connectivity index (χ1) is 15.3. The third-order valence-corrected chi connectivity index (χ3v) is 6.76. The molecule has 3 rings (SSSR count). The van der Waals surface area contributed by atoms with Crippen molar-refractivity contribution in [3.8, 4) is 6.07 Å². The van der Waals surface area contributed by atoms with E-state index in [4.69, 9.17) is 9.47 Å². The number of aliphatic hydroxyl groups excluding tert-OH is 4. The van der Waals surface area contributed by atoms with E-state index in [1.807, 2.05) is 18.4 Å². The summed E-state index contributed by atoms with van der Waals surface area (Å²) in [6.45, 7) is 1.51. The quantitative estimate of drug-likeness (QED) is 0.462.